The van der Waals surface area contributed by atoms with Crippen LogP contribution in [-0.4, -0.2) is 63.7 Å². The van der Waals surface area contributed by atoms with Crippen molar-refractivity contribution >= 4 is 23.9 Å². The van der Waals surface area contributed by atoms with E-state index in [1.54, 1.807) is 67.5 Å². The molecule has 10 nitrogen and oxygen atoms in total. The molecule has 3 atom stereocenters. The SMILES string of the molecule is CCCCN(C(=O)C(NC(=O)OC(C)(C)C)C(C)C)C(C(=O)NC(Cc1ccccc1)C(=O)OC(C)(C)C)c1ccc(O)cc1. The van der Waals surface area contributed by atoms with Crippen LogP contribution in [0.1, 0.15) is 92.3 Å². The quantitative estimate of drug-likeness (QED) is 0.244. The zero-order chi connectivity index (χ0) is 33.9. The van der Waals surface area contributed by atoms with E-state index in [9.17, 15) is 24.3 Å². The second kappa shape index (κ2) is 16.3. The van der Waals surface area contributed by atoms with Crippen molar-refractivity contribution in [1.29, 1.82) is 0 Å². The molecule has 3 N–H and O–H groups in total. The minimum atomic E-state index is -1.19. The van der Waals surface area contributed by atoms with Gasteiger partial charge in [0.1, 0.15) is 35.1 Å². The summed E-state index contributed by atoms with van der Waals surface area (Å²) in [7, 11) is 0. The maximum absolute atomic E-state index is 14.3. The number of nitrogens with zero attached hydrogens (tertiary/aromatic N) is 1. The van der Waals surface area contributed by atoms with E-state index < -0.39 is 53.2 Å². The van der Waals surface area contributed by atoms with Crippen LogP contribution < -0.4 is 10.6 Å². The van der Waals surface area contributed by atoms with Gasteiger partial charge in [0.25, 0.3) is 0 Å². The number of rotatable bonds is 13. The molecular formula is C35H51N3O7. The number of aromatic hydroxyl groups is 1. The molecule has 0 heterocycles. The van der Waals surface area contributed by atoms with Gasteiger partial charge in [-0.25, -0.2) is 9.59 Å². The number of hydrogen-bond acceptors (Lipinski definition) is 7. The lowest BCUT2D eigenvalue weighted by atomic mass is 9.97. The summed E-state index contributed by atoms with van der Waals surface area (Å²) in [5.74, 6) is -2.04. The van der Waals surface area contributed by atoms with E-state index in [1.165, 1.54) is 17.0 Å². The molecule has 45 heavy (non-hydrogen) atoms. The number of ether oxygens (including phenoxy) is 2. The van der Waals surface area contributed by atoms with Crippen LogP contribution in [0.3, 0.4) is 0 Å². The van der Waals surface area contributed by atoms with Gasteiger partial charge in [-0.2, -0.15) is 0 Å². The van der Waals surface area contributed by atoms with Crippen LogP contribution in [0.2, 0.25) is 0 Å². The van der Waals surface area contributed by atoms with Crippen molar-refractivity contribution < 1.29 is 33.8 Å². The van der Waals surface area contributed by atoms with Crippen LogP contribution in [0.5, 0.6) is 5.75 Å². The van der Waals surface area contributed by atoms with Crippen LogP contribution >= 0.6 is 0 Å². The third-order valence-corrected chi connectivity index (χ3v) is 6.70. The maximum atomic E-state index is 14.3. The molecule has 0 spiro atoms. The summed E-state index contributed by atoms with van der Waals surface area (Å²) in [6.07, 6.45) is 0.725. The van der Waals surface area contributed by atoms with E-state index in [-0.39, 0.29) is 24.6 Å². The van der Waals surface area contributed by atoms with Crippen LogP contribution in [0.4, 0.5) is 4.79 Å². The Morgan fingerprint density at radius 2 is 1.42 bits per heavy atom. The lowest BCUT2D eigenvalue weighted by Gasteiger charge is -2.36. The van der Waals surface area contributed by atoms with Gasteiger partial charge in [0, 0.05) is 13.0 Å². The lowest BCUT2D eigenvalue weighted by molar-refractivity contribution is -0.159. The smallest absolute Gasteiger partial charge is 0.408 e. The first kappa shape index (κ1) is 37.1. The summed E-state index contributed by atoms with van der Waals surface area (Å²) in [4.78, 5) is 56.2. The van der Waals surface area contributed by atoms with E-state index in [1.807, 2.05) is 37.3 Å². The molecule has 0 saturated heterocycles. The first-order valence-electron chi connectivity index (χ1n) is 15.6. The highest BCUT2D eigenvalue weighted by molar-refractivity contribution is 5.94. The number of carbonyl (C=O) groups excluding carboxylic acids is 4. The first-order chi connectivity index (χ1) is 20.9. The summed E-state index contributed by atoms with van der Waals surface area (Å²) in [5, 5.41) is 15.6. The molecule has 0 aliphatic carbocycles. The van der Waals surface area contributed by atoms with Crippen molar-refractivity contribution in [3.63, 3.8) is 0 Å². The second-order valence-corrected chi connectivity index (χ2v) is 13.5. The number of phenolic OH excluding ortho intramolecular Hbond substituents is 1. The minimum Gasteiger partial charge on any atom is -0.508 e. The zero-order valence-corrected chi connectivity index (χ0v) is 28.2. The van der Waals surface area contributed by atoms with Gasteiger partial charge in [0.15, 0.2) is 0 Å². The molecule has 0 aliphatic rings. The topological polar surface area (TPSA) is 134 Å². The van der Waals surface area contributed by atoms with Crippen LogP contribution in [0.25, 0.3) is 0 Å². The first-order valence-corrected chi connectivity index (χ1v) is 15.6. The number of hydrogen-bond donors (Lipinski definition) is 3. The maximum Gasteiger partial charge on any atom is 0.408 e. The van der Waals surface area contributed by atoms with E-state index in [0.717, 1.165) is 12.0 Å². The van der Waals surface area contributed by atoms with E-state index in [0.29, 0.717) is 12.0 Å². The summed E-state index contributed by atoms with van der Waals surface area (Å²) >= 11 is 0. The molecule has 248 valence electrons. The molecule has 10 heteroatoms. The monoisotopic (exact) mass is 625 g/mol. The van der Waals surface area contributed by atoms with Crippen molar-refractivity contribution in [2.24, 2.45) is 5.92 Å². The largest absolute Gasteiger partial charge is 0.508 e. The highest BCUT2D eigenvalue weighted by Gasteiger charge is 2.39. The Kier molecular flexibility index (Phi) is 13.4. The predicted octanol–water partition coefficient (Wildman–Crippen LogP) is 5.68. The Morgan fingerprint density at radius 1 is 0.844 bits per heavy atom. The molecule has 2 aromatic carbocycles. The molecule has 0 aliphatic heterocycles. The van der Waals surface area contributed by atoms with Crippen LogP contribution in [0, 0.1) is 5.92 Å². The predicted molar refractivity (Wildman–Crippen MR) is 173 cm³/mol. The van der Waals surface area contributed by atoms with Crippen molar-refractivity contribution in [1.82, 2.24) is 15.5 Å². The molecule has 0 bridgehead atoms. The summed E-state index contributed by atoms with van der Waals surface area (Å²) in [6, 6.07) is 12.0. The average Bonchev–Trinajstić information content (AvgIpc) is 2.92. The highest BCUT2D eigenvalue weighted by atomic mass is 16.6. The Morgan fingerprint density at radius 3 is 1.93 bits per heavy atom. The van der Waals surface area contributed by atoms with Gasteiger partial charge >= 0.3 is 12.1 Å². The Bertz CT molecular complexity index is 1260. The third-order valence-electron chi connectivity index (χ3n) is 6.70. The molecule has 0 saturated carbocycles. The number of benzene rings is 2. The second-order valence-electron chi connectivity index (χ2n) is 13.5. The third kappa shape index (κ3) is 12.4. The Balaban J connectivity index is 2.58. The minimum absolute atomic E-state index is 0.00768. The van der Waals surface area contributed by atoms with Gasteiger partial charge in [-0.3, -0.25) is 9.59 Å². The molecule has 0 aromatic heterocycles. The molecule has 2 rings (SSSR count). The van der Waals surface area contributed by atoms with Crippen LogP contribution in [-0.2, 0) is 30.3 Å². The number of amides is 3. The van der Waals surface area contributed by atoms with E-state index >= 15 is 0 Å². The average molecular weight is 626 g/mol. The number of carbonyl (C=O) groups is 4. The van der Waals surface area contributed by atoms with Gasteiger partial charge in [-0.1, -0.05) is 69.7 Å². The van der Waals surface area contributed by atoms with E-state index in [2.05, 4.69) is 10.6 Å². The van der Waals surface area contributed by atoms with Crippen LogP contribution in [0.15, 0.2) is 54.6 Å². The number of phenols is 1. The molecule has 0 fully saturated rings. The molecule has 0 radical (unpaired) electrons. The van der Waals surface area contributed by atoms with Gasteiger partial charge in [0.05, 0.1) is 0 Å². The molecule has 3 amide bonds. The fourth-order valence-electron chi connectivity index (χ4n) is 4.62. The standard InChI is InChI=1S/C35H51N3O7/c1-10-11-21-38(31(41)28(23(2)3)37-33(43)45-35(7,8)9)29(25-17-19-26(39)20-18-25)30(40)36-27(32(42)44-34(4,5)6)22-24-15-13-12-14-16-24/h12-20,23,27-29,39H,10-11,21-22H2,1-9H3,(H,36,40)(H,37,43). The normalized spacial score (nSPS) is 13.7. The molecular weight excluding hydrogens is 574 g/mol. The molecule has 3 unspecified atom stereocenters. The fraction of sp³-hybridized carbons (Fsp3) is 0.543. The van der Waals surface area contributed by atoms with Gasteiger partial charge in [-0.05, 0) is 77.1 Å². The Hall–Kier alpha value is -4.08. The number of unbranched alkanes of at least 4 members (excludes halogenated alkanes) is 1. The summed E-state index contributed by atoms with van der Waals surface area (Å²) < 4.78 is 11.1. The Labute approximate surface area is 267 Å². The van der Waals surface area contributed by atoms with E-state index in [4.69, 9.17) is 9.47 Å². The van der Waals surface area contributed by atoms with Crippen molar-refractivity contribution in [3.05, 3.63) is 65.7 Å². The van der Waals surface area contributed by atoms with Crippen molar-refractivity contribution in [2.75, 3.05) is 6.54 Å². The van der Waals surface area contributed by atoms with Gasteiger partial charge in [-0.15, -0.1) is 0 Å². The summed E-state index contributed by atoms with van der Waals surface area (Å²) in [5.41, 5.74) is -0.332. The van der Waals surface area contributed by atoms with Crippen molar-refractivity contribution in [2.45, 2.75) is 111 Å². The number of nitrogens with one attached hydrogen (secondary N) is 2. The number of alkyl carbamates (subject to hydrolysis) is 1. The zero-order valence-electron chi connectivity index (χ0n) is 28.2. The van der Waals surface area contributed by atoms with Gasteiger partial charge < -0.3 is 30.1 Å². The van der Waals surface area contributed by atoms with Crippen molar-refractivity contribution in [3.8, 4) is 5.75 Å². The molecule has 2 aromatic rings. The summed E-state index contributed by atoms with van der Waals surface area (Å²) in [6.45, 7) is 16.2. The van der Waals surface area contributed by atoms with Gasteiger partial charge in [0.2, 0.25) is 11.8 Å². The number of esters is 1. The lowest BCUT2D eigenvalue weighted by Crippen LogP contribution is -2.56. The highest BCUT2D eigenvalue weighted by Crippen LogP contribution is 2.27. The fourth-order valence-corrected chi connectivity index (χ4v) is 4.62.